The van der Waals surface area contributed by atoms with E-state index in [1.165, 1.54) is 30.6 Å². The van der Waals surface area contributed by atoms with E-state index in [1.54, 1.807) is 12.3 Å². The van der Waals surface area contributed by atoms with Crippen molar-refractivity contribution in [2.24, 2.45) is 0 Å². The summed E-state index contributed by atoms with van der Waals surface area (Å²) in [7, 11) is -4.86. The Morgan fingerprint density at radius 3 is 2.72 bits per heavy atom. The SMILES string of the molecule is CCOc1cncc(-c2cnc(C(=O)N[C@H](c3cccc(NS(=O)(=O)C(F)F)c3)[C@H](C)N3CCOCC3)s2)n1. The molecular formula is C24H28F2N6O5S2. The molecule has 0 bridgehead atoms. The van der Waals surface area contributed by atoms with Crippen molar-refractivity contribution in [1.82, 2.24) is 25.2 Å². The van der Waals surface area contributed by atoms with Gasteiger partial charge in [-0.2, -0.15) is 8.78 Å². The Kier molecular flexibility index (Phi) is 9.37. The number of nitrogens with zero attached hydrogens (tertiary/aromatic N) is 4. The summed E-state index contributed by atoms with van der Waals surface area (Å²) in [6, 6.07) is 5.17. The highest BCUT2D eigenvalue weighted by molar-refractivity contribution is 7.93. The van der Waals surface area contributed by atoms with Gasteiger partial charge in [-0.15, -0.1) is 11.3 Å². The molecule has 1 aliphatic rings. The molecular weight excluding hydrogens is 554 g/mol. The number of hydrogen-bond acceptors (Lipinski definition) is 10. The molecule has 39 heavy (non-hydrogen) atoms. The molecule has 11 nitrogen and oxygen atoms in total. The van der Waals surface area contributed by atoms with E-state index in [9.17, 15) is 22.0 Å². The number of ether oxygens (including phenoxy) is 2. The number of carbonyl (C=O) groups excluding carboxylic acids is 1. The lowest BCUT2D eigenvalue weighted by Crippen LogP contribution is -2.49. The van der Waals surface area contributed by atoms with E-state index in [0.717, 1.165) is 11.3 Å². The van der Waals surface area contributed by atoms with Crippen LogP contribution < -0.4 is 14.8 Å². The topological polar surface area (TPSA) is 136 Å². The molecule has 0 unspecified atom stereocenters. The fraction of sp³-hybridized carbons (Fsp3) is 0.417. The average Bonchev–Trinajstić information content (AvgIpc) is 3.43. The minimum absolute atomic E-state index is 0.0366. The third-order valence-corrected chi connectivity index (χ3v) is 8.00. The van der Waals surface area contributed by atoms with E-state index in [4.69, 9.17) is 9.47 Å². The smallest absolute Gasteiger partial charge is 0.355 e. The Bertz CT molecular complexity index is 1380. The second-order valence-electron chi connectivity index (χ2n) is 8.58. The summed E-state index contributed by atoms with van der Waals surface area (Å²) in [6.07, 6.45) is 4.57. The zero-order valence-electron chi connectivity index (χ0n) is 21.2. The number of alkyl halides is 2. The highest BCUT2D eigenvalue weighted by atomic mass is 32.2. The third-order valence-electron chi connectivity index (χ3n) is 5.99. The third kappa shape index (κ3) is 7.23. The summed E-state index contributed by atoms with van der Waals surface area (Å²) < 4.78 is 62.0. The number of aromatic nitrogens is 3. The summed E-state index contributed by atoms with van der Waals surface area (Å²) in [4.78, 5) is 28.9. The monoisotopic (exact) mass is 582 g/mol. The highest BCUT2D eigenvalue weighted by Gasteiger charge is 2.30. The van der Waals surface area contributed by atoms with Crippen LogP contribution in [0.25, 0.3) is 10.6 Å². The summed E-state index contributed by atoms with van der Waals surface area (Å²) in [5, 5.41) is 3.18. The van der Waals surface area contributed by atoms with Crippen LogP contribution in [0.3, 0.4) is 0 Å². The molecule has 4 rings (SSSR count). The molecule has 2 atom stereocenters. The van der Waals surface area contributed by atoms with Gasteiger partial charge in [-0.3, -0.25) is 19.4 Å². The maximum Gasteiger partial charge on any atom is 0.355 e. The highest BCUT2D eigenvalue weighted by Crippen LogP contribution is 2.28. The molecule has 0 aliphatic carbocycles. The van der Waals surface area contributed by atoms with Crippen molar-refractivity contribution in [3.05, 3.63) is 53.4 Å². The maximum absolute atomic E-state index is 13.4. The van der Waals surface area contributed by atoms with Crippen LogP contribution in [0.2, 0.25) is 0 Å². The summed E-state index contributed by atoms with van der Waals surface area (Å²) in [6.45, 7) is 6.49. The lowest BCUT2D eigenvalue weighted by Gasteiger charge is -2.37. The van der Waals surface area contributed by atoms with Gasteiger partial charge in [0.05, 0.1) is 43.1 Å². The molecule has 210 valence electrons. The molecule has 2 aromatic heterocycles. The van der Waals surface area contributed by atoms with Gasteiger partial charge in [0.1, 0.15) is 5.69 Å². The molecule has 1 amide bonds. The number of anilines is 1. The van der Waals surface area contributed by atoms with E-state index in [1.807, 2.05) is 18.6 Å². The van der Waals surface area contributed by atoms with E-state index in [2.05, 4.69) is 25.2 Å². The lowest BCUT2D eigenvalue weighted by molar-refractivity contribution is 0.0121. The van der Waals surface area contributed by atoms with E-state index >= 15 is 0 Å². The van der Waals surface area contributed by atoms with E-state index < -0.39 is 27.7 Å². The Balaban J connectivity index is 1.59. The van der Waals surface area contributed by atoms with Crippen molar-refractivity contribution in [2.75, 3.05) is 37.6 Å². The number of thiazole rings is 1. The number of nitrogens with one attached hydrogen (secondary N) is 2. The molecule has 3 heterocycles. The van der Waals surface area contributed by atoms with Crippen LogP contribution in [0.1, 0.15) is 35.3 Å². The molecule has 3 aromatic rings. The van der Waals surface area contributed by atoms with Gasteiger partial charge in [0, 0.05) is 31.0 Å². The molecule has 1 aliphatic heterocycles. The van der Waals surface area contributed by atoms with Gasteiger partial charge in [-0.1, -0.05) is 12.1 Å². The first-order valence-electron chi connectivity index (χ1n) is 12.1. The fourth-order valence-electron chi connectivity index (χ4n) is 4.07. The van der Waals surface area contributed by atoms with Gasteiger partial charge < -0.3 is 14.8 Å². The summed E-state index contributed by atoms with van der Waals surface area (Å²) >= 11 is 1.13. The van der Waals surface area contributed by atoms with Gasteiger partial charge >= 0.3 is 5.76 Å². The quantitative estimate of drug-likeness (QED) is 0.349. The normalized spacial score (nSPS) is 16.0. The van der Waals surface area contributed by atoms with Crippen LogP contribution in [0, 0.1) is 0 Å². The number of sulfonamides is 1. The number of morpholine rings is 1. The van der Waals surface area contributed by atoms with Crippen LogP contribution >= 0.6 is 11.3 Å². The Morgan fingerprint density at radius 2 is 2.00 bits per heavy atom. The van der Waals surface area contributed by atoms with Gasteiger partial charge in [0.15, 0.2) is 5.01 Å². The number of amides is 1. The van der Waals surface area contributed by atoms with Gasteiger partial charge in [0.2, 0.25) is 5.88 Å². The first-order chi connectivity index (χ1) is 18.7. The summed E-state index contributed by atoms with van der Waals surface area (Å²) in [5.41, 5.74) is 1.00. The van der Waals surface area contributed by atoms with Crippen molar-refractivity contribution < 1.29 is 31.5 Å². The number of rotatable bonds is 11. The first-order valence-corrected chi connectivity index (χ1v) is 14.5. The second kappa shape index (κ2) is 12.7. The Labute approximate surface area is 228 Å². The van der Waals surface area contributed by atoms with Gasteiger partial charge in [-0.05, 0) is 31.5 Å². The molecule has 0 spiro atoms. The van der Waals surface area contributed by atoms with Gasteiger partial charge in [-0.25, -0.2) is 18.4 Å². The van der Waals surface area contributed by atoms with Crippen molar-refractivity contribution in [3.8, 4) is 16.5 Å². The van der Waals surface area contributed by atoms with Crippen molar-refractivity contribution in [2.45, 2.75) is 31.7 Å². The summed E-state index contributed by atoms with van der Waals surface area (Å²) in [5.74, 6) is -3.68. The van der Waals surface area contributed by atoms with Gasteiger partial charge in [0.25, 0.3) is 15.9 Å². The van der Waals surface area contributed by atoms with Crippen LogP contribution in [0.15, 0.2) is 42.9 Å². The van der Waals surface area contributed by atoms with Crippen molar-refractivity contribution >= 4 is 33.0 Å². The van der Waals surface area contributed by atoms with Crippen molar-refractivity contribution in [3.63, 3.8) is 0 Å². The minimum atomic E-state index is -4.86. The molecule has 1 saturated heterocycles. The largest absolute Gasteiger partial charge is 0.477 e. The number of halogens is 2. The predicted octanol–water partition coefficient (Wildman–Crippen LogP) is 3.15. The van der Waals surface area contributed by atoms with Crippen LogP contribution in [0.4, 0.5) is 14.5 Å². The second-order valence-corrected chi connectivity index (χ2v) is 11.3. The van der Waals surface area contributed by atoms with Crippen molar-refractivity contribution in [1.29, 1.82) is 0 Å². The van der Waals surface area contributed by atoms with Crippen LogP contribution in [-0.4, -0.2) is 78.9 Å². The van der Waals surface area contributed by atoms with Crippen LogP contribution in [-0.2, 0) is 14.8 Å². The molecule has 15 heteroatoms. The van der Waals surface area contributed by atoms with Crippen LogP contribution in [0.5, 0.6) is 5.88 Å². The molecule has 1 aromatic carbocycles. The number of carbonyl (C=O) groups is 1. The Morgan fingerprint density at radius 1 is 1.23 bits per heavy atom. The number of benzene rings is 1. The van der Waals surface area contributed by atoms with E-state index in [0.29, 0.717) is 54.9 Å². The predicted molar refractivity (Wildman–Crippen MR) is 141 cm³/mol. The average molecular weight is 583 g/mol. The zero-order valence-corrected chi connectivity index (χ0v) is 22.8. The molecule has 1 fully saturated rings. The lowest BCUT2D eigenvalue weighted by atomic mass is 9.98. The zero-order chi connectivity index (χ0) is 28.0. The molecule has 0 saturated carbocycles. The maximum atomic E-state index is 13.4. The van der Waals surface area contributed by atoms with E-state index in [-0.39, 0.29) is 16.7 Å². The first kappa shape index (κ1) is 28.7. The molecule has 0 radical (unpaired) electrons. The molecule has 2 N–H and O–H groups in total. The standard InChI is InChI=1S/C24H28F2N6O5S2/c1-3-37-20-14-27-12-18(29-20)19-13-28-23(38-19)22(33)30-21(15(2)32-7-9-36-10-8-32)16-5-4-6-17(11-16)31-39(34,35)24(25)26/h4-6,11-15,21,24,31H,3,7-10H2,1-2H3,(H,30,33)/t15-,21-/m0/s1. The fourth-order valence-corrected chi connectivity index (χ4v) is 5.39. The minimum Gasteiger partial charge on any atom is -0.477 e. The Hall–Kier alpha value is -3.27. The number of hydrogen-bond donors (Lipinski definition) is 2.